The van der Waals surface area contributed by atoms with Crippen molar-refractivity contribution in [3.63, 3.8) is 0 Å². The lowest BCUT2D eigenvalue weighted by atomic mass is 10.4. The Morgan fingerprint density at radius 2 is 2.33 bits per heavy atom. The van der Waals surface area contributed by atoms with E-state index in [0.29, 0.717) is 18.2 Å². The molecule has 112 valence electrons. The molecule has 2 heterocycles. The van der Waals surface area contributed by atoms with Crippen LogP contribution in [0.2, 0.25) is 0 Å². The third-order valence-corrected chi connectivity index (χ3v) is 3.39. The van der Waals surface area contributed by atoms with Gasteiger partial charge in [0.1, 0.15) is 12.1 Å². The molecule has 0 aromatic carbocycles. The van der Waals surface area contributed by atoms with Gasteiger partial charge in [0.15, 0.2) is 5.16 Å². The summed E-state index contributed by atoms with van der Waals surface area (Å²) in [7, 11) is 0. The molecule has 2 aromatic rings. The molecule has 0 fully saturated rings. The molecule has 0 unspecified atom stereocenters. The van der Waals surface area contributed by atoms with E-state index in [1.807, 2.05) is 6.07 Å². The van der Waals surface area contributed by atoms with Crippen molar-refractivity contribution < 1.29 is 14.0 Å². The predicted molar refractivity (Wildman–Crippen MR) is 75.8 cm³/mol. The number of carbonyl (C=O) groups is 2. The van der Waals surface area contributed by atoms with E-state index in [4.69, 9.17) is 4.42 Å². The monoisotopic (exact) mass is 309 g/mol. The van der Waals surface area contributed by atoms with Crippen molar-refractivity contribution in [1.82, 2.24) is 25.4 Å². The quantitative estimate of drug-likeness (QED) is 0.767. The van der Waals surface area contributed by atoms with Crippen molar-refractivity contribution in [2.45, 2.75) is 18.6 Å². The summed E-state index contributed by atoms with van der Waals surface area (Å²) in [4.78, 5) is 22.8. The zero-order valence-corrected chi connectivity index (χ0v) is 12.2. The smallest absolute Gasteiger partial charge is 0.321 e. The SMILES string of the molecule is CCNC(=O)NC(=O)CSc1nncn1Cc1ccco1. The van der Waals surface area contributed by atoms with Crippen LogP contribution in [-0.2, 0) is 11.3 Å². The van der Waals surface area contributed by atoms with Crippen LogP contribution >= 0.6 is 11.8 Å². The van der Waals surface area contributed by atoms with Crippen molar-refractivity contribution in [3.8, 4) is 0 Å². The molecule has 0 aliphatic heterocycles. The van der Waals surface area contributed by atoms with Crippen LogP contribution in [0.3, 0.4) is 0 Å². The molecule has 9 heteroatoms. The molecule has 0 radical (unpaired) electrons. The average molecular weight is 309 g/mol. The summed E-state index contributed by atoms with van der Waals surface area (Å²) in [6.07, 6.45) is 3.15. The second-order valence-corrected chi connectivity index (χ2v) is 4.96. The van der Waals surface area contributed by atoms with E-state index in [1.54, 1.807) is 30.1 Å². The van der Waals surface area contributed by atoms with Gasteiger partial charge in [0.25, 0.3) is 0 Å². The minimum atomic E-state index is -0.500. The van der Waals surface area contributed by atoms with E-state index < -0.39 is 11.9 Å². The second kappa shape index (κ2) is 7.48. The molecule has 0 bridgehead atoms. The molecule has 2 rings (SSSR count). The zero-order chi connectivity index (χ0) is 15.1. The molecule has 0 aliphatic rings. The van der Waals surface area contributed by atoms with Crippen molar-refractivity contribution in [2.75, 3.05) is 12.3 Å². The summed E-state index contributed by atoms with van der Waals surface area (Å²) in [5.74, 6) is 0.454. The number of thioether (sulfide) groups is 1. The number of aromatic nitrogens is 3. The molecular weight excluding hydrogens is 294 g/mol. The van der Waals surface area contributed by atoms with Crippen LogP contribution in [0.25, 0.3) is 0 Å². The molecule has 21 heavy (non-hydrogen) atoms. The Bertz CT molecular complexity index is 596. The first-order valence-electron chi connectivity index (χ1n) is 6.29. The lowest BCUT2D eigenvalue weighted by molar-refractivity contribution is -0.117. The minimum Gasteiger partial charge on any atom is -0.467 e. The lowest BCUT2D eigenvalue weighted by Gasteiger charge is -2.05. The number of furan rings is 1. The van der Waals surface area contributed by atoms with Crippen molar-refractivity contribution >= 4 is 23.7 Å². The summed E-state index contributed by atoms with van der Waals surface area (Å²) < 4.78 is 7.02. The lowest BCUT2D eigenvalue weighted by Crippen LogP contribution is -2.40. The molecule has 2 N–H and O–H groups in total. The summed E-state index contributed by atoms with van der Waals surface area (Å²) in [6.45, 7) is 2.72. The third kappa shape index (κ3) is 4.63. The molecule has 0 spiro atoms. The molecule has 2 aromatic heterocycles. The maximum absolute atomic E-state index is 11.6. The number of rotatable bonds is 6. The molecule has 0 saturated carbocycles. The largest absolute Gasteiger partial charge is 0.467 e. The highest BCUT2D eigenvalue weighted by molar-refractivity contribution is 7.99. The summed E-state index contributed by atoms with van der Waals surface area (Å²) in [5.41, 5.74) is 0. The predicted octanol–water partition coefficient (Wildman–Crippen LogP) is 0.857. The van der Waals surface area contributed by atoms with E-state index in [2.05, 4.69) is 20.8 Å². The number of hydrogen-bond acceptors (Lipinski definition) is 6. The van der Waals surface area contributed by atoms with Gasteiger partial charge in [-0.1, -0.05) is 11.8 Å². The van der Waals surface area contributed by atoms with Crippen molar-refractivity contribution in [1.29, 1.82) is 0 Å². The van der Waals surface area contributed by atoms with Crippen LogP contribution in [0.1, 0.15) is 12.7 Å². The van der Waals surface area contributed by atoms with Crippen molar-refractivity contribution in [3.05, 3.63) is 30.5 Å². The normalized spacial score (nSPS) is 10.3. The van der Waals surface area contributed by atoms with Crippen LogP contribution in [-0.4, -0.2) is 39.0 Å². The topological polar surface area (TPSA) is 102 Å². The summed E-state index contributed by atoms with van der Waals surface area (Å²) in [5, 5.41) is 13.0. The van der Waals surface area contributed by atoms with Crippen LogP contribution in [0.4, 0.5) is 4.79 Å². The maximum Gasteiger partial charge on any atom is 0.321 e. The van der Waals surface area contributed by atoms with Crippen LogP contribution in [0.5, 0.6) is 0 Å². The van der Waals surface area contributed by atoms with Gasteiger partial charge in [-0.05, 0) is 19.1 Å². The van der Waals surface area contributed by atoms with Gasteiger partial charge in [0, 0.05) is 6.54 Å². The highest BCUT2D eigenvalue weighted by Gasteiger charge is 2.11. The molecule has 0 saturated heterocycles. The van der Waals surface area contributed by atoms with Gasteiger partial charge in [0.05, 0.1) is 18.6 Å². The standard InChI is InChI=1S/C12H15N5O3S/c1-2-13-11(19)15-10(18)7-21-12-16-14-8-17(12)6-9-4-3-5-20-9/h3-5,8H,2,6-7H2,1H3,(H2,13,15,18,19). The first-order valence-corrected chi connectivity index (χ1v) is 7.28. The summed E-state index contributed by atoms with van der Waals surface area (Å²) in [6, 6.07) is 3.14. The molecule has 0 atom stereocenters. The number of nitrogens with zero attached hydrogens (tertiary/aromatic N) is 3. The Morgan fingerprint density at radius 3 is 3.05 bits per heavy atom. The highest BCUT2D eigenvalue weighted by Crippen LogP contribution is 2.16. The average Bonchev–Trinajstić information content (AvgIpc) is 3.09. The van der Waals surface area contributed by atoms with Gasteiger partial charge in [0.2, 0.25) is 5.91 Å². The van der Waals surface area contributed by atoms with Gasteiger partial charge >= 0.3 is 6.03 Å². The number of nitrogens with one attached hydrogen (secondary N) is 2. The third-order valence-electron chi connectivity index (χ3n) is 2.41. The van der Waals surface area contributed by atoms with E-state index in [0.717, 1.165) is 5.76 Å². The first kappa shape index (κ1) is 15.1. The second-order valence-electron chi connectivity index (χ2n) is 4.02. The summed E-state index contributed by atoms with van der Waals surface area (Å²) >= 11 is 1.20. The molecule has 0 aliphatic carbocycles. The molecular formula is C12H15N5O3S. The van der Waals surface area contributed by atoms with Gasteiger partial charge in [-0.2, -0.15) is 0 Å². The fourth-order valence-corrected chi connectivity index (χ4v) is 2.25. The van der Waals surface area contributed by atoms with Gasteiger partial charge in [-0.3, -0.25) is 10.1 Å². The number of carbonyl (C=O) groups excluding carboxylic acids is 2. The number of urea groups is 1. The Balaban J connectivity index is 1.85. The van der Waals surface area contributed by atoms with E-state index >= 15 is 0 Å². The minimum absolute atomic E-state index is 0.0774. The van der Waals surface area contributed by atoms with Crippen LogP contribution < -0.4 is 10.6 Å². The fourth-order valence-electron chi connectivity index (χ4n) is 1.53. The Labute approximate surface area is 125 Å². The Kier molecular flexibility index (Phi) is 5.38. The zero-order valence-electron chi connectivity index (χ0n) is 11.4. The van der Waals surface area contributed by atoms with Crippen molar-refractivity contribution in [2.24, 2.45) is 0 Å². The van der Waals surface area contributed by atoms with E-state index in [1.165, 1.54) is 11.8 Å². The number of hydrogen-bond donors (Lipinski definition) is 2. The van der Waals surface area contributed by atoms with Gasteiger partial charge in [-0.25, -0.2) is 4.79 Å². The Morgan fingerprint density at radius 1 is 1.48 bits per heavy atom. The van der Waals surface area contributed by atoms with Crippen LogP contribution in [0, 0.1) is 0 Å². The first-order chi connectivity index (χ1) is 10.2. The Hall–Kier alpha value is -2.29. The highest BCUT2D eigenvalue weighted by atomic mass is 32.2. The van der Waals surface area contributed by atoms with Gasteiger partial charge in [-0.15, -0.1) is 10.2 Å². The van der Waals surface area contributed by atoms with E-state index in [9.17, 15) is 9.59 Å². The maximum atomic E-state index is 11.6. The fraction of sp³-hybridized carbons (Fsp3) is 0.333. The van der Waals surface area contributed by atoms with E-state index in [-0.39, 0.29) is 5.75 Å². The number of imide groups is 1. The van der Waals surface area contributed by atoms with Gasteiger partial charge < -0.3 is 14.3 Å². The number of amides is 3. The molecule has 3 amide bonds. The van der Waals surface area contributed by atoms with Crippen LogP contribution in [0.15, 0.2) is 34.3 Å². The molecule has 8 nitrogen and oxygen atoms in total.